The van der Waals surface area contributed by atoms with Gasteiger partial charge in [0.25, 0.3) is 0 Å². The van der Waals surface area contributed by atoms with Crippen molar-refractivity contribution < 1.29 is 18.3 Å². The Labute approximate surface area is 131 Å². The summed E-state index contributed by atoms with van der Waals surface area (Å²) in [5, 5.41) is 10.2. The van der Waals surface area contributed by atoms with E-state index in [1.807, 2.05) is 24.3 Å². The molecular formula is C14H14BrNO4S. The van der Waals surface area contributed by atoms with E-state index in [2.05, 4.69) is 20.7 Å². The Hall–Kier alpha value is -1.60. The number of carbonyl (C=O) groups is 1. The fourth-order valence-electron chi connectivity index (χ4n) is 1.98. The Morgan fingerprint density at radius 3 is 2.48 bits per heavy atom. The highest BCUT2D eigenvalue weighted by atomic mass is 79.9. The van der Waals surface area contributed by atoms with Crippen molar-refractivity contribution in [3.05, 3.63) is 40.9 Å². The van der Waals surface area contributed by atoms with Crippen LogP contribution in [0, 0.1) is 0 Å². The minimum absolute atomic E-state index is 0.0825. The van der Waals surface area contributed by atoms with E-state index < -0.39 is 16.0 Å². The molecule has 2 N–H and O–H groups in total. The molecule has 2 aromatic carbocycles. The quantitative estimate of drug-likeness (QED) is 0.816. The molecule has 0 aliphatic carbocycles. The minimum Gasteiger partial charge on any atom is -0.481 e. The molecule has 0 aromatic heterocycles. The number of sulfonamides is 1. The second-order valence-corrected chi connectivity index (χ2v) is 7.25. The van der Waals surface area contributed by atoms with Gasteiger partial charge >= 0.3 is 5.97 Å². The van der Waals surface area contributed by atoms with Gasteiger partial charge in [-0.2, -0.15) is 0 Å². The maximum atomic E-state index is 12.0. The zero-order valence-corrected chi connectivity index (χ0v) is 13.4. The van der Waals surface area contributed by atoms with Gasteiger partial charge in [0.05, 0.1) is 11.4 Å². The summed E-state index contributed by atoms with van der Waals surface area (Å²) in [4.78, 5) is 10.4. The number of hydrogen-bond acceptors (Lipinski definition) is 3. The standard InChI is InChI=1S/C14H14BrNO4S/c15-12-7-8-13(11-5-2-1-4-10(11)12)16-21(19,20)9-3-6-14(17)18/h1-2,4-5,7-8,16H,3,6,9H2,(H,17,18). The highest BCUT2D eigenvalue weighted by Crippen LogP contribution is 2.30. The molecule has 21 heavy (non-hydrogen) atoms. The first-order chi connectivity index (χ1) is 9.89. The van der Waals surface area contributed by atoms with Crippen molar-refractivity contribution in [2.75, 3.05) is 10.5 Å². The molecule has 5 nitrogen and oxygen atoms in total. The van der Waals surface area contributed by atoms with Gasteiger partial charge in [-0.15, -0.1) is 0 Å². The molecule has 112 valence electrons. The van der Waals surface area contributed by atoms with Crippen LogP contribution in [0.3, 0.4) is 0 Å². The average Bonchev–Trinajstić information content (AvgIpc) is 2.41. The number of carboxylic acids is 1. The molecule has 0 spiro atoms. The van der Waals surface area contributed by atoms with Crippen LogP contribution in [0.5, 0.6) is 0 Å². The van der Waals surface area contributed by atoms with Crippen LogP contribution in [-0.4, -0.2) is 25.2 Å². The third-order valence-corrected chi connectivity index (χ3v) is 4.99. The maximum absolute atomic E-state index is 12.0. The number of anilines is 1. The molecule has 0 aliphatic rings. The monoisotopic (exact) mass is 371 g/mol. The summed E-state index contributed by atoms with van der Waals surface area (Å²) < 4.78 is 27.4. The Bertz CT molecular complexity index is 774. The molecule has 0 heterocycles. The van der Waals surface area contributed by atoms with E-state index in [4.69, 9.17) is 5.11 Å². The number of halogens is 1. The van der Waals surface area contributed by atoms with Gasteiger partial charge in [-0.3, -0.25) is 9.52 Å². The van der Waals surface area contributed by atoms with E-state index in [1.165, 1.54) is 0 Å². The Morgan fingerprint density at radius 2 is 1.81 bits per heavy atom. The SMILES string of the molecule is O=C(O)CCCS(=O)(=O)Nc1ccc(Br)c2ccccc12. The Balaban J connectivity index is 2.23. The molecule has 0 atom stereocenters. The van der Waals surface area contributed by atoms with Crippen molar-refractivity contribution in [1.29, 1.82) is 0 Å². The zero-order valence-electron chi connectivity index (χ0n) is 11.0. The van der Waals surface area contributed by atoms with Gasteiger partial charge in [0.15, 0.2) is 0 Å². The van der Waals surface area contributed by atoms with Crippen molar-refractivity contribution >= 4 is 48.4 Å². The summed E-state index contributed by atoms with van der Waals surface area (Å²) in [5.74, 6) is -1.22. The number of benzene rings is 2. The summed E-state index contributed by atoms with van der Waals surface area (Å²) in [6, 6.07) is 10.9. The molecule has 0 aliphatic heterocycles. The van der Waals surface area contributed by atoms with Gasteiger partial charge in [-0.1, -0.05) is 40.2 Å². The van der Waals surface area contributed by atoms with Gasteiger partial charge < -0.3 is 5.11 Å². The first-order valence-corrected chi connectivity index (χ1v) is 8.73. The second-order valence-electron chi connectivity index (χ2n) is 4.56. The van der Waals surface area contributed by atoms with E-state index in [0.717, 1.165) is 15.2 Å². The normalized spacial score (nSPS) is 11.5. The molecule has 0 amide bonds. The fourth-order valence-corrected chi connectivity index (χ4v) is 3.60. The summed E-state index contributed by atoms with van der Waals surface area (Å²) in [7, 11) is -3.56. The molecule has 0 radical (unpaired) electrons. The van der Waals surface area contributed by atoms with Crippen LogP contribution >= 0.6 is 15.9 Å². The molecule has 0 saturated heterocycles. The summed E-state index contributed by atoms with van der Waals surface area (Å²) >= 11 is 3.43. The van der Waals surface area contributed by atoms with Crippen molar-refractivity contribution in [3.8, 4) is 0 Å². The van der Waals surface area contributed by atoms with E-state index in [9.17, 15) is 13.2 Å². The lowest BCUT2D eigenvalue weighted by Gasteiger charge is -2.11. The van der Waals surface area contributed by atoms with Crippen molar-refractivity contribution in [2.45, 2.75) is 12.8 Å². The van der Waals surface area contributed by atoms with Gasteiger partial charge in [-0.05, 0) is 23.9 Å². The Kier molecular flexibility index (Phi) is 4.84. The van der Waals surface area contributed by atoms with Gasteiger partial charge in [0, 0.05) is 16.3 Å². The van der Waals surface area contributed by atoms with Crippen LogP contribution in [-0.2, 0) is 14.8 Å². The van der Waals surface area contributed by atoms with Crippen LogP contribution in [0.2, 0.25) is 0 Å². The average molecular weight is 372 g/mol. The topological polar surface area (TPSA) is 83.5 Å². The van der Waals surface area contributed by atoms with E-state index >= 15 is 0 Å². The van der Waals surface area contributed by atoms with Crippen LogP contribution in [0.15, 0.2) is 40.9 Å². The lowest BCUT2D eigenvalue weighted by Crippen LogP contribution is -2.17. The highest BCUT2D eigenvalue weighted by Gasteiger charge is 2.13. The predicted octanol–water partition coefficient (Wildman–Crippen LogP) is 3.21. The number of aliphatic carboxylic acids is 1. The van der Waals surface area contributed by atoms with E-state index in [-0.39, 0.29) is 18.6 Å². The lowest BCUT2D eigenvalue weighted by atomic mass is 10.1. The van der Waals surface area contributed by atoms with Crippen LogP contribution in [0.4, 0.5) is 5.69 Å². The highest BCUT2D eigenvalue weighted by molar-refractivity contribution is 9.10. The van der Waals surface area contributed by atoms with Gasteiger partial charge in [-0.25, -0.2) is 8.42 Å². The van der Waals surface area contributed by atoms with E-state index in [0.29, 0.717) is 5.69 Å². The number of nitrogens with one attached hydrogen (secondary N) is 1. The third-order valence-electron chi connectivity index (χ3n) is 2.94. The van der Waals surface area contributed by atoms with E-state index in [1.54, 1.807) is 12.1 Å². The smallest absolute Gasteiger partial charge is 0.303 e. The van der Waals surface area contributed by atoms with Crippen LogP contribution in [0.25, 0.3) is 10.8 Å². The van der Waals surface area contributed by atoms with Crippen LogP contribution < -0.4 is 4.72 Å². The van der Waals surface area contributed by atoms with Crippen molar-refractivity contribution in [2.24, 2.45) is 0 Å². The molecule has 2 aromatic rings. The molecule has 2 rings (SSSR count). The molecular weight excluding hydrogens is 358 g/mol. The van der Waals surface area contributed by atoms with Gasteiger partial charge in [0.2, 0.25) is 10.0 Å². The molecule has 0 bridgehead atoms. The Morgan fingerprint density at radius 1 is 1.14 bits per heavy atom. The first kappa shape index (κ1) is 15.8. The largest absolute Gasteiger partial charge is 0.481 e. The number of hydrogen-bond donors (Lipinski definition) is 2. The third kappa shape index (κ3) is 4.18. The summed E-state index contributed by atoms with van der Waals surface area (Å²) in [6.07, 6.45) is -0.0822. The number of rotatable bonds is 6. The second kappa shape index (κ2) is 6.44. The zero-order chi connectivity index (χ0) is 15.5. The summed E-state index contributed by atoms with van der Waals surface area (Å²) in [6.45, 7) is 0. The predicted molar refractivity (Wildman–Crippen MR) is 85.9 cm³/mol. The molecule has 0 unspecified atom stereocenters. The summed E-state index contributed by atoms with van der Waals surface area (Å²) in [5.41, 5.74) is 0.490. The molecule has 7 heteroatoms. The lowest BCUT2D eigenvalue weighted by molar-refractivity contribution is -0.137. The molecule has 0 saturated carbocycles. The number of carboxylic acid groups (broad SMARTS) is 1. The fraction of sp³-hybridized carbons (Fsp3) is 0.214. The molecule has 0 fully saturated rings. The van der Waals surface area contributed by atoms with Crippen LogP contribution in [0.1, 0.15) is 12.8 Å². The number of fused-ring (bicyclic) bond motifs is 1. The first-order valence-electron chi connectivity index (χ1n) is 6.28. The van der Waals surface area contributed by atoms with Gasteiger partial charge in [0.1, 0.15) is 0 Å². The van der Waals surface area contributed by atoms with Crippen molar-refractivity contribution in [1.82, 2.24) is 0 Å². The minimum atomic E-state index is -3.56. The maximum Gasteiger partial charge on any atom is 0.303 e. The van der Waals surface area contributed by atoms with Crippen molar-refractivity contribution in [3.63, 3.8) is 0 Å².